The van der Waals surface area contributed by atoms with Gasteiger partial charge >= 0.3 is 232 Å². The zero-order valence-electron chi connectivity index (χ0n) is 23.3. The minimum atomic E-state index is -3.48. The quantitative estimate of drug-likeness (QED) is 0.124. The van der Waals surface area contributed by atoms with Gasteiger partial charge in [-0.1, -0.05) is 0 Å². The van der Waals surface area contributed by atoms with Crippen LogP contribution in [0, 0.1) is 0 Å². The minimum absolute atomic E-state index is 0.0489. The van der Waals surface area contributed by atoms with Gasteiger partial charge in [-0.3, -0.25) is 0 Å². The number of hydrogen-bond acceptors (Lipinski definition) is 2. The van der Waals surface area contributed by atoms with Gasteiger partial charge in [0.15, 0.2) is 0 Å². The monoisotopic (exact) mass is 608 g/mol. The molecule has 2 atom stereocenters. The topological polar surface area (TPSA) is 18.5 Å². The van der Waals surface area contributed by atoms with Crippen LogP contribution in [0.4, 0.5) is 0 Å². The molecule has 2 aromatic carbocycles. The van der Waals surface area contributed by atoms with Crippen molar-refractivity contribution < 1.29 is 6.15 Å². The molecule has 0 fully saturated rings. The third-order valence-electron chi connectivity index (χ3n) is 8.01. The van der Waals surface area contributed by atoms with Gasteiger partial charge in [0.25, 0.3) is 0 Å². The Morgan fingerprint density at radius 3 is 1.41 bits per heavy atom. The van der Waals surface area contributed by atoms with Crippen LogP contribution in [0.3, 0.4) is 0 Å². The van der Waals surface area contributed by atoms with Crippen LogP contribution in [0.1, 0.15) is 125 Å². The predicted molar refractivity (Wildman–Crippen MR) is 161 cm³/mol. The third-order valence-corrected chi connectivity index (χ3v) is 18.3. The molecule has 0 bridgehead atoms. The number of benzene rings is 2. The molecular formula is C34H48O2Sn. The molecule has 0 saturated carbocycles. The molecule has 0 saturated heterocycles. The average molecular weight is 607 g/mol. The van der Waals surface area contributed by atoms with Gasteiger partial charge < -0.3 is 0 Å². The zero-order valence-corrected chi connectivity index (χ0v) is 26.2. The van der Waals surface area contributed by atoms with E-state index in [2.05, 4.69) is 86.7 Å². The molecule has 0 aliphatic heterocycles. The van der Waals surface area contributed by atoms with E-state index in [0.29, 0.717) is 0 Å². The summed E-state index contributed by atoms with van der Waals surface area (Å²) in [6.07, 6.45) is 24.9. The van der Waals surface area contributed by atoms with E-state index in [0.717, 1.165) is 8.87 Å². The van der Waals surface area contributed by atoms with Gasteiger partial charge in [-0.2, -0.15) is 0 Å². The van der Waals surface area contributed by atoms with Gasteiger partial charge in [-0.25, -0.2) is 0 Å². The van der Waals surface area contributed by atoms with E-state index in [1.165, 1.54) is 99.3 Å². The summed E-state index contributed by atoms with van der Waals surface area (Å²) in [5, 5.41) is 0. The summed E-state index contributed by atoms with van der Waals surface area (Å²) in [6.45, 7) is 4.59. The zero-order chi connectivity index (χ0) is 25.8. The van der Waals surface area contributed by atoms with Gasteiger partial charge in [-0.15, -0.1) is 0 Å². The van der Waals surface area contributed by atoms with Gasteiger partial charge in [0.1, 0.15) is 0 Å². The first-order chi connectivity index (χ1) is 18.2. The van der Waals surface area contributed by atoms with Crippen molar-refractivity contribution >= 4 is 31.4 Å². The first kappa shape index (κ1) is 28.6. The van der Waals surface area contributed by atoms with Crippen molar-refractivity contribution in [1.82, 2.24) is 0 Å². The van der Waals surface area contributed by atoms with Crippen LogP contribution in [0.25, 0.3) is 12.2 Å². The summed E-state index contributed by atoms with van der Waals surface area (Å²) in [7, 11) is 0. The Labute approximate surface area is 231 Å². The third kappa shape index (κ3) is 8.31. The average Bonchev–Trinajstić information content (AvgIpc) is 3.52. The molecule has 0 spiro atoms. The Morgan fingerprint density at radius 1 is 0.541 bits per heavy atom. The molecule has 2 aromatic rings. The Morgan fingerprint density at radius 2 is 0.946 bits per heavy atom. The number of hydrogen-bond donors (Lipinski definition) is 0. The maximum absolute atomic E-state index is 7.33. The summed E-state index contributed by atoms with van der Waals surface area (Å²) in [5.74, 6) is 0. The van der Waals surface area contributed by atoms with Crippen LogP contribution >= 0.6 is 0 Å². The SMILES string of the molecule is CCCCCCC[CH2][Sn]([CH2]CCCCCCC)([O]C1C=Cc2ccccc21)[O]C1C=Cc2ccccc21. The van der Waals surface area contributed by atoms with Crippen molar-refractivity contribution in [2.24, 2.45) is 0 Å². The molecule has 200 valence electrons. The van der Waals surface area contributed by atoms with Crippen molar-refractivity contribution in [3.63, 3.8) is 0 Å². The van der Waals surface area contributed by atoms with E-state index in [1.807, 2.05) is 0 Å². The van der Waals surface area contributed by atoms with Gasteiger partial charge in [0.2, 0.25) is 0 Å². The first-order valence-electron chi connectivity index (χ1n) is 15.1. The van der Waals surface area contributed by atoms with Gasteiger partial charge in [0.05, 0.1) is 0 Å². The second-order valence-corrected chi connectivity index (χ2v) is 20.4. The van der Waals surface area contributed by atoms with E-state index >= 15 is 0 Å². The van der Waals surface area contributed by atoms with Crippen molar-refractivity contribution in [2.45, 2.75) is 112 Å². The molecular weight excluding hydrogens is 559 g/mol. The maximum atomic E-state index is 7.33. The molecule has 0 aromatic heterocycles. The van der Waals surface area contributed by atoms with Crippen LogP contribution < -0.4 is 0 Å². The van der Waals surface area contributed by atoms with Crippen LogP contribution in [0.2, 0.25) is 8.87 Å². The Kier molecular flexibility index (Phi) is 11.8. The number of unbranched alkanes of at least 4 members (excludes halogenated alkanes) is 10. The van der Waals surface area contributed by atoms with E-state index in [9.17, 15) is 0 Å². The van der Waals surface area contributed by atoms with Crippen molar-refractivity contribution in [1.29, 1.82) is 0 Å². The molecule has 37 heavy (non-hydrogen) atoms. The molecule has 2 aliphatic carbocycles. The normalized spacial score (nSPS) is 17.9. The first-order valence-corrected chi connectivity index (χ1v) is 21.5. The molecule has 2 unspecified atom stereocenters. The van der Waals surface area contributed by atoms with Gasteiger partial charge in [-0.05, 0) is 0 Å². The standard InChI is InChI=1S/2C9H7O.2C8H17.Sn/c2*10-9-6-5-7-3-1-2-4-8(7)9;2*1-3-5-7-8-6-4-2;/h2*1-6,9H;2*1,3-8H2,2H3;/q2*-1;;;+2. The molecule has 0 amide bonds. The summed E-state index contributed by atoms with van der Waals surface area (Å²) >= 11 is -3.48. The van der Waals surface area contributed by atoms with E-state index < -0.39 is 19.2 Å². The second-order valence-electron chi connectivity index (χ2n) is 11.0. The molecule has 0 radical (unpaired) electrons. The number of fused-ring (bicyclic) bond motifs is 2. The van der Waals surface area contributed by atoms with Crippen molar-refractivity contribution in [3.8, 4) is 0 Å². The molecule has 2 nitrogen and oxygen atoms in total. The molecule has 2 aliphatic rings. The molecule has 4 rings (SSSR count). The Bertz CT molecular complexity index is 929. The summed E-state index contributed by atoms with van der Waals surface area (Å²) in [5.41, 5.74) is 5.25. The summed E-state index contributed by atoms with van der Waals surface area (Å²) in [6, 6.07) is 17.5. The fourth-order valence-electron chi connectivity index (χ4n) is 5.84. The van der Waals surface area contributed by atoms with Crippen molar-refractivity contribution in [2.75, 3.05) is 0 Å². The second kappa shape index (κ2) is 15.3. The summed E-state index contributed by atoms with van der Waals surface area (Å²) < 4.78 is 17.0. The molecule has 0 heterocycles. The van der Waals surface area contributed by atoms with E-state index in [4.69, 9.17) is 6.15 Å². The molecule has 0 N–H and O–H groups in total. The predicted octanol–water partition coefficient (Wildman–Crippen LogP) is 10.7. The van der Waals surface area contributed by atoms with Crippen LogP contribution in [-0.4, -0.2) is 19.2 Å². The van der Waals surface area contributed by atoms with Crippen molar-refractivity contribution in [3.05, 3.63) is 82.9 Å². The Hall–Kier alpha value is -1.36. The van der Waals surface area contributed by atoms with E-state index in [-0.39, 0.29) is 12.2 Å². The van der Waals surface area contributed by atoms with Crippen LogP contribution in [-0.2, 0) is 6.15 Å². The van der Waals surface area contributed by atoms with Crippen LogP contribution in [0.5, 0.6) is 0 Å². The summed E-state index contributed by atoms with van der Waals surface area (Å²) in [4.78, 5) is 0. The number of rotatable bonds is 18. The fourth-order valence-corrected chi connectivity index (χ4v) is 16.4. The van der Waals surface area contributed by atoms with E-state index in [1.54, 1.807) is 0 Å². The van der Waals surface area contributed by atoms with Crippen LogP contribution in [0.15, 0.2) is 60.7 Å². The fraction of sp³-hybridized carbons (Fsp3) is 0.529. The van der Waals surface area contributed by atoms with Gasteiger partial charge in [0, 0.05) is 0 Å². The molecule has 3 heteroatoms. The Balaban J connectivity index is 1.52.